The van der Waals surface area contributed by atoms with Gasteiger partial charge in [0.1, 0.15) is 29.5 Å². The molecule has 2 aromatic heterocycles. The van der Waals surface area contributed by atoms with Gasteiger partial charge in [-0.05, 0) is 61.5 Å². The van der Waals surface area contributed by atoms with Crippen LogP contribution in [0.5, 0.6) is 5.75 Å². The lowest BCUT2D eigenvalue weighted by molar-refractivity contribution is -0.136. The van der Waals surface area contributed by atoms with E-state index in [9.17, 15) is 14.7 Å². The SMILES string of the molecule is CC(C)(C)OC(=O)N1CC(n2nc(COc3ccccc3CC(=O)O)c3cc(-c4cccc5c(N)nccc45)ccc32)C1. The summed E-state index contributed by atoms with van der Waals surface area (Å²) in [5, 5.41) is 17.1. The van der Waals surface area contributed by atoms with E-state index in [0.29, 0.717) is 35.9 Å². The molecule has 1 fully saturated rings. The molecule has 1 saturated heterocycles. The number of amides is 1. The van der Waals surface area contributed by atoms with E-state index in [1.54, 1.807) is 29.3 Å². The van der Waals surface area contributed by atoms with Crippen LogP contribution >= 0.6 is 0 Å². The minimum absolute atomic E-state index is 0.0302. The number of hydrogen-bond acceptors (Lipinski definition) is 7. The van der Waals surface area contributed by atoms with Crippen LogP contribution in [0.2, 0.25) is 0 Å². The van der Waals surface area contributed by atoms with Gasteiger partial charge in [0.15, 0.2) is 0 Å². The van der Waals surface area contributed by atoms with Gasteiger partial charge in [-0.15, -0.1) is 0 Å². The smallest absolute Gasteiger partial charge is 0.410 e. The molecule has 0 spiro atoms. The Morgan fingerprint density at radius 2 is 1.79 bits per heavy atom. The van der Waals surface area contributed by atoms with E-state index >= 15 is 0 Å². The zero-order valence-electron chi connectivity index (χ0n) is 24.3. The number of carboxylic acid groups (broad SMARTS) is 1. The minimum Gasteiger partial charge on any atom is -0.487 e. The average Bonchev–Trinajstić information content (AvgIpc) is 3.28. The van der Waals surface area contributed by atoms with Crippen molar-refractivity contribution in [1.82, 2.24) is 19.7 Å². The summed E-state index contributed by atoms with van der Waals surface area (Å²) in [6.07, 6.45) is 1.22. The lowest BCUT2D eigenvalue weighted by atomic mass is 9.97. The Hall–Kier alpha value is -5.12. The van der Waals surface area contributed by atoms with Crippen LogP contribution in [-0.2, 0) is 22.6 Å². The lowest BCUT2D eigenvalue weighted by Gasteiger charge is -2.39. The quantitative estimate of drug-likeness (QED) is 0.246. The molecule has 0 bridgehead atoms. The molecule has 1 aliphatic rings. The first-order chi connectivity index (χ1) is 20.6. The molecule has 10 heteroatoms. The lowest BCUT2D eigenvalue weighted by Crippen LogP contribution is -2.52. The monoisotopic (exact) mass is 579 g/mol. The van der Waals surface area contributed by atoms with E-state index in [1.165, 1.54) is 0 Å². The third kappa shape index (κ3) is 5.68. The molecular formula is C33H33N5O5. The molecule has 3 heterocycles. The standard InChI is InChI=1S/C33H33N5O5/c1-33(2,3)43-32(41)37-17-22(18-37)38-28-12-11-20(23-8-6-9-25-24(23)13-14-35-31(25)34)15-26(28)27(36-38)19-42-29-10-5-4-7-21(29)16-30(39)40/h4-15,22H,16-19H2,1-3H3,(H2,34,35)(H,39,40). The number of benzene rings is 3. The second-order valence-electron chi connectivity index (χ2n) is 11.7. The Kier molecular flexibility index (Phi) is 7.13. The van der Waals surface area contributed by atoms with E-state index in [1.807, 2.05) is 55.8 Å². The van der Waals surface area contributed by atoms with Crippen LogP contribution in [0, 0.1) is 0 Å². The summed E-state index contributed by atoms with van der Waals surface area (Å²) in [6, 6.07) is 21.2. The molecular weight excluding hydrogens is 546 g/mol. The number of fused-ring (bicyclic) bond motifs is 2. The number of likely N-dealkylation sites (tertiary alicyclic amines) is 1. The molecule has 5 aromatic rings. The number of carbonyl (C=O) groups is 2. The highest BCUT2D eigenvalue weighted by Gasteiger charge is 2.36. The normalized spacial score (nSPS) is 13.7. The Bertz CT molecular complexity index is 1850. The third-order valence-corrected chi connectivity index (χ3v) is 7.47. The van der Waals surface area contributed by atoms with Gasteiger partial charge in [-0.3, -0.25) is 9.48 Å². The fraction of sp³-hybridized carbons (Fsp3) is 0.273. The highest BCUT2D eigenvalue weighted by Crippen LogP contribution is 2.35. The van der Waals surface area contributed by atoms with Gasteiger partial charge < -0.3 is 25.2 Å². The summed E-state index contributed by atoms with van der Waals surface area (Å²) in [5.74, 6) is 0.0447. The number of nitrogens with two attached hydrogens (primary N) is 1. The molecule has 0 saturated carbocycles. The van der Waals surface area contributed by atoms with Crippen LogP contribution in [0.1, 0.15) is 38.1 Å². The van der Waals surface area contributed by atoms with Crippen molar-refractivity contribution in [2.45, 2.75) is 45.4 Å². The first-order valence-corrected chi connectivity index (χ1v) is 14.1. The fourth-order valence-electron chi connectivity index (χ4n) is 5.42. The number of carboxylic acids is 1. The minimum atomic E-state index is -0.930. The summed E-state index contributed by atoms with van der Waals surface area (Å²) in [5.41, 5.74) is 9.81. The van der Waals surface area contributed by atoms with E-state index in [4.69, 9.17) is 20.3 Å². The van der Waals surface area contributed by atoms with E-state index in [2.05, 4.69) is 23.2 Å². The zero-order valence-corrected chi connectivity index (χ0v) is 24.3. The fourth-order valence-corrected chi connectivity index (χ4v) is 5.42. The van der Waals surface area contributed by atoms with Crippen molar-refractivity contribution in [1.29, 1.82) is 0 Å². The van der Waals surface area contributed by atoms with Crippen LogP contribution in [-0.4, -0.2) is 55.5 Å². The van der Waals surface area contributed by atoms with Gasteiger partial charge in [0.25, 0.3) is 0 Å². The number of rotatable bonds is 7. The second-order valence-corrected chi connectivity index (χ2v) is 11.7. The number of para-hydroxylation sites is 1. The summed E-state index contributed by atoms with van der Waals surface area (Å²) in [4.78, 5) is 29.9. The molecule has 3 aromatic carbocycles. The Morgan fingerprint density at radius 3 is 2.56 bits per heavy atom. The maximum atomic E-state index is 12.6. The number of aromatic nitrogens is 3. The van der Waals surface area contributed by atoms with Gasteiger partial charge in [0, 0.05) is 35.6 Å². The van der Waals surface area contributed by atoms with Gasteiger partial charge in [-0.1, -0.05) is 42.5 Å². The molecule has 0 atom stereocenters. The highest BCUT2D eigenvalue weighted by molar-refractivity contribution is 6.02. The van der Waals surface area contributed by atoms with Crippen molar-refractivity contribution in [2.24, 2.45) is 0 Å². The van der Waals surface area contributed by atoms with E-state index in [0.717, 1.165) is 32.8 Å². The van der Waals surface area contributed by atoms with Crippen LogP contribution in [0.3, 0.4) is 0 Å². The molecule has 10 nitrogen and oxygen atoms in total. The molecule has 0 radical (unpaired) electrons. The van der Waals surface area contributed by atoms with Crippen molar-refractivity contribution in [2.75, 3.05) is 18.8 Å². The van der Waals surface area contributed by atoms with Crippen molar-refractivity contribution in [3.05, 3.63) is 84.2 Å². The molecule has 43 heavy (non-hydrogen) atoms. The van der Waals surface area contributed by atoms with Gasteiger partial charge in [0.05, 0.1) is 18.0 Å². The van der Waals surface area contributed by atoms with E-state index < -0.39 is 11.6 Å². The number of hydrogen-bond donors (Lipinski definition) is 2. The van der Waals surface area contributed by atoms with Crippen LogP contribution < -0.4 is 10.5 Å². The molecule has 3 N–H and O–H groups in total. The molecule has 1 amide bonds. The Labute approximate surface area is 248 Å². The zero-order chi connectivity index (χ0) is 30.3. The highest BCUT2D eigenvalue weighted by atomic mass is 16.6. The molecule has 0 aliphatic carbocycles. The predicted octanol–water partition coefficient (Wildman–Crippen LogP) is 5.83. The summed E-state index contributed by atoms with van der Waals surface area (Å²) >= 11 is 0. The molecule has 0 unspecified atom stereocenters. The second kappa shape index (κ2) is 10.9. The Balaban J connectivity index is 1.37. The maximum absolute atomic E-state index is 12.6. The number of nitrogen functional groups attached to an aromatic ring is 1. The number of carbonyl (C=O) groups excluding carboxylic acids is 1. The predicted molar refractivity (Wildman–Crippen MR) is 164 cm³/mol. The van der Waals surface area contributed by atoms with Gasteiger partial charge in [-0.25, -0.2) is 9.78 Å². The van der Waals surface area contributed by atoms with Crippen molar-refractivity contribution in [3.8, 4) is 16.9 Å². The van der Waals surface area contributed by atoms with Crippen LogP contribution in [0.4, 0.5) is 10.6 Å². The summed E-state index contributed by atoms with van der Waals surface area (Å²) in [6.45, 7) is 6.64. The summed E-state index contributed by atoms with van der Waals surface area (Å²) < 4.78 is 13.7. The van der Waals surface area contributed by atoms with Crippen LogP contribution in [0.15, 0.2) is 72.9 Å². The van der Waals surface area contributed by atoms with Crippen molar-refractivity contribution < 1.29 is 24.2 Å². The van der Waals surface area contributed by atoms with Gasteiger partial charge in [-0.2, -0.15) is 5.10 Å². The molecule has 220 valence electrons. The average molecular weight is 580 g/mol. The van der Waals surface area contributed by atoms with E-state index in [-0.39, 0.29) is 25.2 Å². The summed E-state index contributed by atoms with van der Waals surface area (Å²) in [7, 11) is 0. The number of pyridine rings is 1. The number of ether oxygens (including phenoxy) is 2. The topological polar surface area (TPSA) is 133 Å². The number of aliphatic carboxylic acids is 1. The Morgan fingerprint density at radius 1 is 1.00 bits per heavy atom. The largest absolute Gasteiger partial charge is 0.487 e. The first-order valence-electron chi connectivity index (χ1n) is 14.1. The molecule has 1 aliphatic heterocycles. The first kappa shape index (κ1) is 28.0. The number of nitrogens with zero attached hydrogens (tertiary/aromatic N) is 4. The molecule has 6 rings (SSSR count). The van der Waals surface area contributed by atoms with Crippen LogP contribution in [0.25, 0.3) is 32.8 Å². The van der Waals surface area contributed by atoms with Crippen molar-refractivity contribution in [3.63, 3.8) is 0 Å². The maximum Gasteiger partial charge on any atom is 0.410 e. The number of anilines is 1. The van der Waals surface area contributed by atoms with Crippen molar-refractivity contribution >= 4 is 39.6 Å². The third-order valence-electron chi connectivity index (χ3n) is 7.47. The van der Waals surface area contributed by atoms with Gasteiger partial charge >= 0.3 is 12.1 Å². The van der Waals surface area contributed by atoms with Gasteiger partial charge in [0.2, 0.25) is 0 Å².